The Morgan fingerprint density at radius 3 is 2.21 bits per heavy atom. The molecule has 0 aliphatic rings. The number of hydrogen-bond acceptors (Lipinski definition) is 1. The summed E-state index contributed by atoms with van der Waals surface area (Å²) in [4.78, 5) is 0. The zero-order chi connectivity index (χ0) is 11.0. The molecule has 0 bridgehead atoms. The largest absolute Gasteiger partial charge is 0.389 e. The topological polar surface area (TPSA) is 20.2 Å². The van der Waals surface area contributed by atoms with Gasteiger partial charge in [-0.15, -0.1) is 0 Å². The molecule has 14 heavy (non-hydrogen) atoms. The third kappa shape index (κ3) is 9.79. The Hall–Kier alpha value is -0.300. The first-order valence-corrected chi connectivity index (χ1v) is 5.87. The van der Waals surface area contributed by atoms with E-state index in [0.29, 0.717) is 0 Å². The molecule has 0 saturated carbocycles. The third-order valence-electron chi connectivity index (χ3n) is 2.43. The molecule has 0 aliphatic heterocycles. The van der Waals surface area contributed by atoms with Crippen molar-refractivity contribution in [2.24, 2.45) is 11.8 Å². The van der Waals surface area contributed by atoms with E-state index in [1.54, 1.807) is 6.92 Å². The summed E-state index contributed by atoms with van der Waals surface area (Å²) in [6.45, 7) is 8.63. The highest BCUT2D eigenvalue weighted by Crippen LogP contribution is 2.15. The lowest BCUT2D eigenvalue weighted by Crippen LogP contribution is -1.97. The molecule has 0 aromatic heterocycles. The van der Waals surface area contributed by atoms with Gasteiger partial charge in [-0.2, -0.15) is 0 Å². The maximum atomic E-state index is 9.03. The number of rotatable bonds is 7. The molecule has 1 nitrogen and oxygen atoms in total. The predicted molar refractivity (Wildman–Crippen MR) is 63.3 cm³/mol. The van der Waals surface area contributed by atoms with Crippen LogP contribution in [0.2, 0.25) is 0 Å². The molecule has 2 atom stereocenters. The summed E-state index contributed by atoms with van der Waals surface area (Å²) < 4.78 is 0. The van der Waals surface area contributed by atoms with E-state index >= 15 is 0 Å². The Kier molecular flexibility index (Phi) is 7.87. The normalized spacial score (nSPS) is 16.4. The maximum absolute atomic E-state index is 9.03. The van der Waals surface area contributed by atoms with Crippen LogP contribution in [0.3, 0.4) is 0 Å². The van der Waals surface area contributed by atoms with Gasteiger partial charge in [-0.3, -0.25) is 0 Å². The van der Waals surface area contributed by atoms with Crippen LogP contribution in [0.15, 0.2) is 12.2 Å². The first-order valence-electron chi connectivity index (χ1n) is 5.87. The molecule has 0 aromatic carbocycles. The minimum Gasteiger partial charge on any atom is -0.389 e. The fourth-order valence-corrected chi connectivity index (χ4v) is 1.50. The molecule has 0 saturated heterocycles. The Morgan fingerprint density at radius 1 is 1.07 bits per heavy atom. The van der Waals surface area contributed by atoms with Gasteiger partial charge >= 0.3 is 0 Å². The van der Waals surface area contributed by atoms with Crippen molar-refractivity contribution in [3.63, 3.8) is 0 Å². The smallest absolute Gasteiger partial charge is 0.0692 e. The lowest BCUT2D eigenvalue weighted by atomic mass is 9.97. The number of hydrogen-bond donors (Lipinski definition) is 1. The van der Waals surface area contributed by atoms with Gasteiger partial charge in [0.2, 0.25) is 0 Å². The Bertz CT molecular complexity index is 147. The van der Waals surface area contributed by atoms with Gasteiger partial charge in [0.25, 0.3) is 0 Å². The molecule has 0 aromatic rings. The second-order valence-corrected chi connectivity index (χ2v) is 4.83. The summed E-state index contributed by atoms with van der Waals surface area (Å²) in [5.41, 5.74) is 0. The molecule has 84 valence electrons. The number of aliphatic hydroxyl groups is 1. The van der Waals surface area contributed by atoms with Gasteiger partial charge in [0.05, 0.1) is 6.10 Å². The summed E-state index contributed by atoms with van der Waals surface area (Å²) in [5.74, 6) is 1.58. The van der Waals surface area contributed by atoms with Crippen LogP contribution >= 0.6 is 0 Å². The highest BCUT2D eigenvalue weighted by atomic mass is 16.3. The van der Waals surface area contributed by atoms with E-state index in [-0.39, 0.29) is 6.10 Å². The summed E-state index contributed by atoms with van der Waals surface area (Å²) in [6, 6.07) is 0. The van der Waals surface area contributed by atoms with Crippen molar-refractivity contribution in [3.8, 4) is 0 Å². The maximum Gasteiger partial charge on any atom is 0.0692 e. The van der Waals surface area contributed by atoms with E-state index in [9.17, 15) is 0 Å². The quantitative estimate of drug-likeness (QED) is 0.617. The molecule has 0 aliphatic carbocycles. The van der Waals surface area contributed by atoms with Crippen molar-refractivity contribution < 1.29 is 5.11 Å². The van der Waals surface area contributed by atoms with E-state index in [1.165, 1.54) is 19.3 Å². The van der Waals surface area contributed by atoms with Crippen LogP contribution in [0.1, 0.15) is 53.4 Å². The van der Waals surface area contributed by atoms with Gasteiger partial charge in [-0.05, 0) is 25.2 Å². The highest BCUT2D eigenvalue weighted by Gasteiger charge is 2.01. The molecule has 0 amide bonds. The fourth-order valence-electron chi connectivity index (χ4n) is 1.50. The molecular formula is C13H26O. The zero-order valence-corrected chi connectivity index (χ0v) is 10.2. The van der Waals surface area contributed by atoms with Crippen LogP contribution in [-0.4, -0.2) is 11.2 Å². The van der Waals surface area contributed by atoms with Crippen LogP contribution in [0.4, 0.5) is 0 Å². The molecule has 0 heterocycles. The van der Waals surface area contributed by atoms with Crippen LogP contribution in [0.25, 0.3) is 0 Å². The number of allylic oxidation sites excluding steroid dienone is 1. The van der Waals surface area contributed by atoms with Gasteiger partial charge in [0.15, 0.2) is 0 Å². The van der Waals surface area contributed by atoms with Gasteiger partial charge in [-0.1, -0.05) is 52.2 Å². The van der Waals surface area contributed by atoms with Crippen LogP contribution in [0, 0.1) is 11.8 Å². The van der Waals surface area contributed by atoms with E-state index in [1.807, 2.05) is 6.08 Å². The van der Waals surface area contributed by atoms with Crippen molar-refractivity contribution in [1.29, 1.82) is 0 Å². The summed E-state index contributed by atoms with van der Waals surface area (Å²) in [7, 11) is 0. The number of aliphatic hydroxyl groups excluding tert-OH is 1. The van der Waals surface area contributed by atoms with E-state index in [0.717, 1.165) is 18.3 Å². The zero-order valence-electron chi connectivity index (χ0n) is 10.2. The molecular weight excluding hydrogens is 172 g/mol. The molecule has 0 radical (unpaired) electrons. The minimum absolute atomic E-state index is 0.294. The summed E-state index contributed by atoms with van der Waals surface area (Å²) in [6.07, 6.45) is 8.76. The molecule has 1 N–H and O–H groups in total. The van der Waals surface area contributed by atoms with Crippen molar-refractivity contribution in [2.45, 2.75) is 59.5 Å². The predicted octanol–water partition coefficient (Wildman–Crippen LogP) is 3.78. The van der Waals surface area contributed by atoms with Gasteiger partial charge in [0.1, 0.15) is 0 Å². The molecule has 0 rings (SSSR count). The van der Waals surface area contributed by atoms with Crippen molar-refractivity contribution in [3.05, 3.63) is 12.2 Å². The SMILES string of the molecule is CC(O)C=CCC(C)CCCC(C)C. The van der Waals surface area contributed by atoms with Crippen molar-refractivity contribution >= 4 is 0 Å². The van der Waals surface area contributed by atoms with Crippen LogP contribution in [0.5, 0.6) is 0 Å². The van der Waals surface area contributed by atoms with E-state index in [2.05, 4.69) is 26.8 Å². The second kappa shape index (κ2) is 8.05. The second-order valence-electron chi connectivity index (χ2n) is 4.83. The average Bonchev–Trinajstić information content (AvgIpc) is 2.02. The van der Waals surface area contributed by atoms with Gasteiger partial charge in [-0.25, -0.2) is 0 Å². The highest BCUT2D eigenvalue weighted by molar-refractivity contribution is 4.87. The molecule has 2 unspecified atom stereocenters. The minimum atomic E-state index is -0.294. The fraction of sp³-hybridized carbons (Fsp3) is 0.846. The molecule has 0 fully saturated rings. The van der Waals surface area contributed by atoms with Crippen molar-refractivity contribution in [2.75, 3.05) is 0 Å². The Morgan fingerprint density at radius 2 is 1.71 bits per heavy atom. The van der Waals surface area contributed by atoms with Gasteiger partial charge < -0.3 is 5.11 Å². The molecule has 0 spiro atoms. The van der Waals surface area contributed by atoms with Crippen LogP contribution < -0.4 is 0 Å². The van der Waals surface area contributed by atoms with Gasteiger partial charge in [0, 0.05) is 0 Å². The third-order valence-corrected chi connectivity index (χ3v) is 2.43. The lowest BCUT2D eigenvalue weighted by Gasteiger charge is -2.09. The summed E-state index contributed by atoms with van der Waals surface area (Å²) in [5, 5.41) is 9.03. The first kappa shape index (κ1) is 13.7. The summed E-state index contributed by atoms with van der Waals surface area (Å²) >= 11 is 0. The average molecular weight is 198 g/mol. The monoisotopic (exact) mass is 198 g/mol. The molecule has 1 heteroatoms. The van der Waals surface area contributed by atoms with E-state index < -0.39 is 0 Å². The van der Waals surface area contributed by atoms with E-state index in [4.69, 9.17) is 5.11 Å². The Balaban J connectivity index is 3.41. The standard InChI is InChI=1S/C13H26O/c1-11(2)7-5-8-12(3)9-6-10-13(4)14/h6,10-14H,5,7-9H2,1-4H3. The Labute approximate surface area is 89.2 Å². The lowest BCUT2D eigenvalue weighted by molar-refractivity contribution is 0.243. The van der Waals surface area contributed by atoms with Crippen molar-refractivity contribution in [1.82, 2.24) is 0 Å². The van der Waals surface area contributed by atoms with Crippen LogP contribution in [-0.2, 0) is 0 Å². The first-order chi connectivity index (χ1) is 6.52.